The highest BCUT2D eigenvalue weighted by atomic mass is 32.2. The minimum Gasteiger partial charge on any atom is -0.361 e. The molecule has 9 heteroatoms. The summed E-state index contributed by atoms with van der Waals surface area (Å²) in [7, 11) is 0. The van der Waals surface area contributed by atoms with Crippen molar-refractivity contribution >= 4 is 49.2 Å². The number of hydrogen-bond acceptors (Lipinski definition) is 7. The van der Waals surface area contributed by atoms with E-state index in [2.05, 4.69) is 47.6 Å². The SMILES string of the molecule is C=NC(=C\SCNc1ccc(C)cn1)/C(SCC)=C(\C)N=C.CCCCC1CCC(CF)N1C=O. The number of amides is 1. The van der Waals surface area contributed by atoms with Crippen molar-refractivity contribution in [3.05, 3.63) is 45.6 Å². The van der Waals surface area contributed by atoms with Crippen LogP contribution in [0.3, 0.4) is 0 Å². The summed E-state index contributed by atoms with van der Waals surface area (Å²) in [5.74, 6) is 2.52. The molecule has 2 heterocycles. The van der Waals surface area contributed by atoms with Crippen LogP contribution in [0.2, 0.25) is 0 Å². The van der Waals surface area contributed by atoms with Gasteiger partial charge in [-0.2, -0.15) is 0 Å². The average molecular weight is 522 g/mol. The summed E-state index contributed by atoms with van der Waals surface area (Å²) in [6, 6.07) is 4.17. The van der Waals surface area contributed by atoms with E-state index in [4.69, 9.17) is 0 Å². The van der Waals surface area contributed by atoms with E-state index in [0.717, 1.165) is 71.9 Å². The van der Waals surface area contributed by atoms with E-state index in [-0.39, 0.29) is 12.7 Å². The molecule has 2 rings (SSSR count). The lowest BCUT2D eigenvalue weighted by Gasteiger charge is -2.24. The summed E-state index contributed by atoms with van der Waals surface area (Å²) in [6.07, 6.45) is 7.79. The zero-order chi connectivity index (χ0) is 26.1. The maximum absolute atomic E-state index is 12.4. The number of rotatable bonds is 14. The lowest BCUT2D eigenvalue weighted by molar-refractivity contribution is -0.121. The molecule has 0 aliphatic carbocycles. The average Bonchev–Trinajstić information content (AvgIpc) is 3.29. The van der Waals surface area contributed by atoms with Crippen molar-refractivity contribution in [2.45, 2.75) is 71.9 Å². The fourth-order valence-corrected chi connectivity index (χ4v) is 5.17. The molecule has 0 spiro atoms. The predicted molar refractivity (Wildman–Crippen MR) is 153 cm³/mol. The molecule has 0 radical (unpaired) electrons. The van der Waals surface area contributed by atoms with Crippen molar-refractivity contribution < 1.29 is 9.18 Å². The number of aryl methyl sites for hydroxylation is 1. The Bertz CT molecular complexity index is 845. The third-order valence-corrected chi connectivity index (χ3v) is 7.35. The molecule has 1 N–H and O–H groups in total. The molecular weight excluding hydrogens is 481 g/mol. The van der Waals surface area contributed by atoms with Crippen LogP contribution in [0.5, 0.6) is 0 Å². The van der Waals surface area contributed by atoms with E-state index < -0.39 is 0 Å². The number of alkyl halides is 1. The Morgan fingerprint density at radius 3 is 2.57 bits per heavy atom. The number of pyridine rings is 1. The molecule has 35 heavy (non-hydrogen) atoms. The number of thioether (sulfide) groups is 2. The van der Waals surface area contributed by atoms with E-state index >= 15 is 0 Å². The van der Waals surface area contributed by atoms with Crippen molar-refractivity contribution in [1.82, 2.24) is 9.88 Å². The highest BCUT2D eigenvalue weighted by molar-refractivity contribution is 8.03. The van der Waals surface area contributed by atoms with Crippen molar-refractivity contribution in [3.63, 3.8) is 0 Å². The standard InChI is InChI=1S/C16H22N4S2.C10H18FNO/c1-6-22-16(13(3)17-4)14(18-5)10-21-11-20-15-8-7-12(2)9-19-15;1-2-3-4-9-5-6-10(7-11)12(9)8-13/h7-10H,4-6,11H2,1-3H3,(H,19,20);8-10H,2-7H2,1H3/b14-10-,16-13-;. The molecule has 0 aromatic carbocycles. The smallest absolute Gasteiger partial charge is 0.210 e. The monoisotopic (exact) mass is 521 g/mol. The number of nitrogens with one attached hydrogen (secondary N) is 1. The number of unbranched alkanes of at least 4 members (excludes halogenated alkanes) is 1. The summed E-state index contributed by atoms with van der Waals surface area (Å²) in [5.41, 5.74) is 2.86. The second kappa shape index (κ2) is 18.2. The van der Waals surface area contributed by atoms with E-state index in [0.29, 0.717) is 11.9 Å². The lowest BCUT2D eigenvalue weighted by Crippen LogP contribution is -2.35. The first-order valence-electron chi connectivity index (χ1n) is 12.0. The number of aromatic nitrogens is 1. The molecule has 1 amide bonds. The summed E-state index contributed by atoms with van der Waals surface area (Å²) in [6.45, 7) is 15.0. The Kier molecular flexibility index (Phi) is 16.1. The van der Waals surface area contributed by atoms with Gasteiger partial charge in [-0.1, -0.05) is 32.8 Å². The number of hydrogen-bond donors (Lipinski definition) is 1. The number of nitrogens with zero attached hydrogens (tertiary/aromatic N) is 4. The number of halogens is 1. The van der Waals surface area contributed by atoms with Crippen LogP contribution in [-0.4, -0.2) is 60.1 Å². The van der Waals surface area contributed by atoms with Crippen LogP contribution in [0.15, 0.2) is 50.0 Å². The maximum Gasteiger partial charge on any atom is 0.210 e. The number of likely N-dealkylation sites (tertiary alicyclic amines) is 1. The molecule has 194 valence electrons. The van der Waals surface area contributed by atoms with Gasteiger partial charge in [0.25, 0.3) is 0 Å². The van der Waals surface area contributed by atoms with Gasteiger partial charge in [-0.3, -0.25) is 14.8 Å². The Balaban J connectivity index is 0.000000400. The summed E-state index contributed by atoms with van der Waals surface area (Å²) in [5, 5.41) is 5.24. The zero-order valence-corrected chi connectivity index (χ0v) is 23.1. The summed E-state index contributed by atoms with van der Waals surface area (Å²) >= 11 is 3.31. The van der Waals surface area contributed by atoms with E-state index in [1.54, 1.807) is 28.4 Å². The third-order valence-electron chi connectivity index (χ3n) is 5.57. The molecule has 2 unspecified atom stereocenters. The lowest BCUT2D eigenvalue weighted by atomic mass is 10.1. The van der Waals surface area contributed by atoms with E-state index in [1.807, 2.05) is 37.6 Å². The fraction of sp³-hybridized carbons (Fsp3) is 0.538. The van der Waals surface area contributed by atoms with Crippen LogP contribution in [0.25, 0.3) is 0 Å². The van der Waals surface area contributed by atoms with Crippen molar-refractivity contribution in [2.24, 2.45) is 9.98 Å². The van der Waals surface area contributed by atoms with Crippen molar-refractivity contribution in [3.8, 4) is 0 Å². The second-order valence-electron chi connectivity index (χ2n) is 8.11. The molecule has 0 saturated carbocycles. The van der Waals surface area contributed by atoms with Gasteiger partial charge < -0.3 is 10.2 Å². The molecule has 2 atom stereocenters. The predicted octanol–water partition coefficient (Wildman–Crippen LogP) is 6.86. The number of anilines is 1. The Labute approximate surface area is 219 Å². The molecule has 1 aromatic heterocycles. The molecular formula is C26H40FN5OS2. The fourth-order valence-electron chi connectivity index (χ4n) is 3.59. The highest BCUT2D eigenvalue weighted by Gasteiger charge is 2.31. The number of aliphatic imine (C=N–C) groups is 2. The number of carbonyl (C=O) groups is 1. The van der Waals surface area contributed by atoms with Crippen LogP contribution in [0.1, 0.15) is 58.4 Å². The van der Waals surface area contributed by atoms with Gasteiger partial charge in [0.15, 0.2) is 0 Å². The van der Waals surface area contributed by atoms with Gasteiger partial charge in [0.2, 0.25) is 6.41 Å². The normalized spacial score (nSPS) is 18.3. The van der Waals surface area contributed by atoms with Crippen LogP contribution in [0.4, 0.5) is 10.2 Å². The first-order chi connectivity index (χ1) is 16.9. The second-order valence-corrected chi connectivity index (χ2v) is 10.2. The summed E-state index contributed by atoms with van der Waals surface area (Å²) in [4.78, 5) is 25.8. The van der Waals surface area contributed by atoms with Gasteiger partial charge in [-0.15, -0.1) is 23.5 Å². The summed E-state index contributed by atoms with van der Waals surface area (Å²) < 4.78 is 12.4. The van der Waals surface area contributed by atoms with Crippen LogP contribution >= 0.6 is 23.5 Å². The minimum absolute atomic E-state index is 0.139. The molecule has 1 fully saturated rings. The Morgan fingerprint density at radius 2 is 2.03 bits per heavy atom. The Morgan fingerprint density at radius 1 is 1.29 bits per heavy atom. The minimum atomic E-state index is -0.388. The topological polar surface area (TPSA) is 70.0 Å². The largest absolute Gasteiger partial charge is 0.361 e. The molecule has 1 saturated heterocycles. The first-order valence-corrected chi connectivity index (χ1v) is 14.0. The molecule has 1 aliphatic heterocycles. The van der Waals surface area contributed by atoms with Gasteiger partial charge in [-0.25, -0.2) is 9.37 Å². The quantitative estimate of drug-likeness (QED) is 0.0952. The molecule has 1 aliphatic rings. The van der Waals surface area contributed by atoms with Gasteiger partial charge >= 0.3 is 0 Å². The third kappa shape index (κ3) is 11.0. The van der Waals surface area contributed by atoms with Gasteiger partial charge in [-0.05, 0) is 69.3 Å². The number of allylic oxidation sites excluding steroid dienone is 1. The molecule has 1 aromatic rings. The van der Waals surface area contributed by atoms with E-state index in [9.17, 15) is 9.18 Å². The van der Waals surface area contributed by atoms with E-state index in [1.165, 1.54) is 0 Å². The van der Waals surface area contributed by atoms with Gasteiger partial charge in [0, 0.05) is 12.2 Å². The highest BCUT2D eigenvalue weighted by Crippen LogP contribution is 2.30. The molecule has 6 nitrogen and oxygen atoms in total. The van der Waals surface area contributed by atoms with Gasteiger partial charge in [0.1, 0.15) is 12.5 Å². The number of carbonyl (C=O) groups excluding carboxylic acids is 1. The first kappa shape index (κ1) is 30.9. The van der Waals surface area contributed by atoms with Crippen molar-refractivity contribution in [1.29, 1.82) is 0 Å². The zero-order valence-electron chi connectivity index (χ0n) is 21.5. The van der Waals surface area contributed by atoms with Crippen LogP contribution in [-0.2, 0) is 4.79 Å². The van der Waals surface area contributed by atoms with Gasteiger partial charge in [0.05, 0.1) is 28.2 Å². The van der Waals surface area contributed by atoms with Crippen LogP contribution in [0, 0.1) is 6.92 Å². The molecule has 0 bridgehead atoms. The van der Waals surface area contributed by atoms with Crippen LogP contribution < -0.4 is 5.32 Å². The maximum atomic E-state index is 12.4. The van der Waals surface area contributed by atoms with Crippen molar-refractivity contribution in [2.75, 3.05) is 23.6 Å². The Hall–Kier alpha value is -2.13.